The summed E-state index contributed by atoms with van der Waals surface area (Å²) in [6.45, 7) is 18.6. The summed E-state index contributed by atoms with van der Waals surface area (Å²) in [7, 11) is -1.73. The van der Waals surface area contributed by atoms with Crippen LogP contribution < -0.4 is 4.43 Å². The Morgan fingerprint density at radius 3 is 1.86 bits per heavy atom. The van der Waals surface area contributed by atoms with Crippen molar-refractivity contribution >= 4 is 14.3 Å². The molecule has 4 nitrogen and oxygen atoms in total. The van der Waals surface area contributed by atoms with Gasteiger partial charge in [-0.25, -0.2) is 0 Å². The maximum atomic E-state index is 13.5. The highest BCUT2D eigenvalue weighted by Gasteiger charge is 2.42. The van der Waals surface area contributed by atoms with Crippen LogP contribution in [0, 0.1) is 5.41 Å². The van der Waals surface area contributed by atoms with Crippen LogP contribution >= 0.6 is 0 Å². The van der Waals surface area contributed by atoms with Crippen LogP contribution in [0.3, 0.4) is 0 Å². The van der Waals surface area contributed by atoms with Gasteiger partial charge in [0.15, 0.2) is 0 Å². The summed E-state index contributed by atoms with van der Waals surface area (Å²) >= 11 is 0. The molecule has 1 unspecified atom stereocenters. The number of ether oxygens (including phenoxy) is 1. The number of rotatable bonds is 9. The van der Waals surface area contributed by atoms with Crippen LogP contribution in [0.2, 0.25) is 19.6 Å². The minimum absolute atomic E-state index is 0. The van der Waals surface area contributed by atoms with Crippen molar-refractivity contribution in [3.63, 3.8) is 0 Å². The predicted octanol–water partition coefficient (Wildman–Crippen LogP) is 9.71. The van der Waals surface area contributed by atoms with E-state index in [9.17, 15) is 9.90 Å². The zero-order chi connectivity index (χ0) is 24.4. The van der Waals surface area contributed by atoms with E-state index in [4.69, 9.17) is 9.16 Å². The van der Waals surface area contributed by atoms with E-state index < -0.39 is 19.3 Å². The van der Waals surface area contributed by atoms with Crippen LogP contribution in [0.25, 0.3) is 0 Å². The Kier molecular flexibility index (Phi) is 14.7. The fourth-order valence-electron chi connectivity index (χ4n) is 4.03. The molecule has 2 rings (SSSR count). The van der Waals surface area contributed by atoms with Crippen LogP contribution in [-0.2, 0) is 20.5 Å². The molecule has 0 radical (unpaired) electrons. The van der Waals surface area contributed by atoms with E-state index in [1.165, 1.54) is 0 Å². The Morgan fingerprint density at radius 2 is 1.39 bits per heavy atom. The second-order valence-corrected chi connectivity index (χ2v) is 15.6. The molecule has 0 aliphatic rings. The van der Waals surface area contributed by atoms with Gasteiger partial charge in [-0.3, -0.25) is 4.79 Å². The lowest BCUT2D eigenvalue weighted by molar-refractivity contribution is -0.171. The van der Waals surface area contributed by atoms with Crippen LogP contribution in [0.4, 0.5) is 0 Å². The first-order valence-electron chi connectivity index (χ1n) is 11.4. The number of carbonyl (C=O) groups is 1. The molecule has 0 aliphatic carbocycles. The SMILES string of the molecule is C.C.C.C.CCC(C)(CC(C)(C)c1ccc(O)cc1)C(=O)OC(C)(C)c1cccc(O[Si](C)(C)C)c1. The fourth-order valence-corrected chi connectivity index (χ4v) is 4.87. The minimum atomic E-state index is -1.73. The van der Waals surface area contributed by atoms with Crippen LogP contribution in [-0.4, -0.2) is 19.4 Å². The van der Waals surface area contributed by atoms with Crippen molar-refractivity contribution in [1.29, 1.82) is 0 Å². The van der Waals surface area contributed by atoms with Crippen molar-refractivity contribution in [2.75, 3.05) is 0 Å². The lowest BCUT2D eigenvalue weighted by Crippen LogP contribution is -2.39. The summed E-state index contributed by atoms with van der Waals surface area (Å²) in [6.07, 6.45) is 1.30. The standard InChI is InChI=1S/C27H40O4Si.4CH4/c1-10-27(6,19-25(2,3)20-14-16-22(28)17-15-20)24(29)30-26(4,5)21-12-11-13-23(18-21)31-32(7,8)9;;;;/h11-18,28H,10,19H2,1-9H3;4*1H4. The predicted molar refractivity (Wildman–Crippen MR) is 161 cm³/mol. The first-order valence-corrected chi connectivity index (χ1v) is 14.8. The molecule has 1 atom stereocenters. The molecule has 2 aromatic carbocycles. The van der Waals surface area contributed by atoms with Gasteiger partial charge in [0.1, 0.15) is 17.1 Å². The lowest BCUT2D eigenvalue weighted by Gasteiger charge is -2.38. The summed E-state index contributed by atoms with van der Waals surface area (Å²) < 4.78 is 12.3. The van der Waals surface area contributed by atoms with Crippen molar-refractivity contribution in [2.45, 2.75) is 115 Å². The third kappa shape index (κ3) is 10.0. The molecular weight excluding hydrogens is 464 g/mol. The first-order chi connectivity index (χ1) is 14.6. The number of carbonyl (C=O) groups excluding carboxylic acids is 1. The Hall–Kier alpha value is -2.27. The van der Waals surface area contributed by atoms with E-state index in [0.717, 1.165) is 16.9 Å². The summed E-state index contributed by atoms with van der Waals surface area (Å²) in [5, 5.41) is 9.63. The number of phenols is 1. The number of esters is 1. The quantitative estimate of drug-likeness (QED) is 0.264. The number of phenolic OH excluding ortho intramolecular Hbond substituents is 1. The van der Waals surface area contributed by atoms with Gasteiger partial charge in [-0.05, 0) is 94.1 Å². The number of hydrogen-bond donors (Lipinski definition) is 1. The Balaban J connectivity index is -0.00000272. The molecule has 0 saturated carbocycles. The van der Waals surface area contributed by atoms with Gasteiger partial charge in [0.2, 0.25) is 8.32 Å². The maximum Gasteiger partial charge on any atom is 0.312 e. The summed E-state index contributed by atoms with van der Waals surface area (Å²) in [4.78, 5) is 13.5. The maximum absolute atomic E-state index is 13.5. The summed E-state index contributed by atoms with van der Waals surface area (Å²) in [6, 6.07) is 15.1. The highest BCUT2D eigenvalue weighted by molar-refractivity contribution is 6.70. The van der Waals surface area contributed by atoms with E-state index in [1.807, 2.05) is 64.1 Å². The lowest BCUT2D eigenvalue weighted by atomic mass is 9.69. The van der Waals surface area contributed by atoms with Gasteiger partial charge < -0.3 is 14.3 Å². The van der Waals surface area contributed by atoms with Gasteiger partial charge in [0.25, 0.3) is 0 Å². The first kappa shape index (κ1) is 38.3. The third-order valence-corrected chi connectivity index (χ3v) is 6.90. The highest BCUT2D eigenvalue weighted by atomic mass is 28.4. The average molecular weight is 521 g/mol. The molecule has 1 N–H and O–H groups in total. The number of aromatic hydroxyl groups is 1. The second-order valence-electron chi connectivity index (χ2n) is 11.2. The fraction of sp³-hybridized carbons (Fsp3) is 0.581. The van der Waals surface area contributed by atoms with Crippen molar-refractivity contribution < 1.29 is 19.1 Å². The molecule has 5 heteroatoms. The van der Waals surface area contributed by atoms with E-state index in [-0.39, 0.29) is 46.8 Å². The minimum Gasteiger partial charge on any atom is -0.544 e. The van der Waals surface area contributed by atoms with E-state index >= 15 is 0 Å². The molecule has 208 valence electrons. The zero-order valence-electron chi connectivity index (χ0n) is 21.2. The van der Waals surface area contributed by atoms with E-state index in [0.29, 0.717) is 12.8 Å². The Labute approximate surface area is 224 Å². The van der Waals surface area contributed by atoms with Gasteiger partial charge in [-0.2, -0.15) is 0 Å². The van der Waals surface area contributed by atoms with Crippen molar-refractivity contribution in [2.24, 2.45) is 5.41 Å². The van der Waals surface area contributed by atoms with Crippen LogP contribution in [0.1, 0.15) is 95.2 Å². The normalized spacial score (nSPS) is 12.9. The Bertz CT molecular complexity index is 926. The molecule has 2 aromatic rings. The Morgan fingerprint density at radius 1 is 0.861 bits per heavy atom. The molecular formula is C31H56O4Si. The van der Waals surface area contributed by atoms with Crippen LogP contribution in [0.5, 0.6) is 11.5 Å². The van der Waals surface area contributed by atoms with Crippen molar-refractivity contribution in [1.82, 2.24) is 0 Å². The molecule has 36 heavy (non-hydrogen) atoms. The molecule has 0 fully saturated rings. The molecule has 0 heterocycles. The van der Waals surface area contributed by atoms with Gasteiger partial charge in [-0.15, -0.1) is 0 Å². The van der Waals surface area contributed by atoms with Crippen LogP contribution in [0.15, 0.2) is 48.5 Å². The van der Waals surface area contributed by atoms with Gasteiger partial charge in [0.05, 0.1) is 5.41 Å². The second kappa shape index (κ2) is 13.9. The summed E-state index contributed by atoms with van der Waals surface area (Å²) in [5.74, 6) is 0.857. The molecule has 0 aliphatic heterocycles. The zero-order valence-corrected chi connectivity index (χ0v) is 22.2. The van der Waals surface area contributed by atoms with E-state index in [1.54, 1.807) is 12.1 Å². The number of hydrogen-bond acceptors (Lipinski definition) is 4. The largest absolute Gasteiger partial charge is 0.544 e. The van der Waals surface area contributed by atoms with Crippen molar-refractivity contribution in [3.05, 3.63) is 59.7 Å². The van der Waals surface area contributed by atoms with Crippen molar-refractivity contribution in [3.8, 4) is 11.5 Å². The smallest absolute Gasteiger partial charge is 0.312 e. The number of benzene rings is 2. The molecule has 0 spiro atoms. The highest BCUT2D eigenvalue weighted by Crippen LogP contribution is 2.42. The molecule has 0 amide bonds. The average Bonchev–Trinajstić information content (AvgIpc) is 2.66. The summed E-state index contributed by atoms with van der Waals surface area (Å²) in [5.41, 5.74) is 0.309. The molecule has 0 aromatic heterocycles. The topological polar surface area (TPSA) is 55.8 Å². The van der Waals surface area contributed by atoms with Gasteiger partial charge in [-0.1, -0.05) is 74.7 Å². The van der Waals surface area contributed by atoms with Gasteiger partial charge in [0, 0.05) is 0 Å². The van der Waals surface area contributed by atoms with E-state index in [2.05, 4.69) is 33.5 Å². The molecule has 0 saturated heterocycles. The van der Waals surface area contributed by atoms with Gasteiger partial charge >= 0.3 is 5.97 Å². The molecule has 0 bridgehead atoms. The third-order valence-electron chi connectivity index (χ3n) is 6.06. The monoisotopic (exact) mass is 520 g/mol.